The quantitative estimate of drug-likeness (QED) is 0.580. The lowest BCUT2D eigenvalue weighted by Gasteiger charge is -2.20. The SMILES string of the molecule is CC(C)CC(=O)N(C)CCCOCC(=O)N(C)CC(C)C. The number of rotatable bonds is 10. The van der Waals surface area contributed by atoms with E-state index in [1.165, 1.54) is 0 Å². The van der Waals surface area contributed by atoms with E-state index >= 15 is 0 Å². The summed E-state index contributed by atoms with van der Waals surface area (Å²) in [5.74, 6) is 1.01. The summed E-state index contributed by atoms with van der Waals surface area (Å²) < 4.78 is 5.38. The van der Waals surface area contributed by atoms with Crippen molar-refractivity contribution >= 4 is 11.8 Å². The van der Waals surface area contributed by atoms with Crippen LogP contribution in [-0.2, 0) is 14.3 Å². The number of carbonyl (C=O) groups excluding carboxylic acids is 2. The van der Waals surface area contributed by atoms with Crippen LogP contribution in [0.4, 0.5) is 0 Å². The van der Waals surface area contributed by atoms with Gasteiger partial charge in [-0.3, -0.25) is 9.59 Å². The molecule has 0 unspecified atom stereocenters. The highest BCUT2D eigenvalue weighted by Crippen LogP contribution is 2.03. The van der Waals surface area contributed by atoms with Gasteiger partial charge in [0.1, 0.15) is 6.61 Å². The normalized spacial score (nSPS) is 11.0. The summed E-state index contributed by atoms with van der Waals surface area (Å²) in [6, 6.07) is 0. The molecule has 0 aliphatic rings. The fraction of sp³-hybridized carbons (Fsp3) is 0.875. The molecule has 0 aromatic heterocycles. The number of hydrogen-bond donors (Lipinski definition) is 0. The number of carbonyl (C=O) groups is 2. The van der Waals surface area contributed by atoms with Crippen LogP contribution in [0.1, 0.15) is 40.5 Å². The summed E-state index contributed by atoms with van der Waals surface area (Å²) in [5.41, 5.74) is 0. The Morgan fingerprint density at radius 3 is 2.10 bits per heavy atom. The second-order valence-corrected chi connectivity index (χ2v) is 6.49. The second-order valence-electron chi connectivity index (χ2n) is 6.49. The highest BCUT2D eigenvalue weighted by atomic mass is 16.5. The molecule has 0 atom stereocenters. The van der Waals surface area contributed by atoms with Crippen LogP contribution in [0.15, 0.2) is 0 Å². The fourth-order valence-corrected chi connectivity index (χ4v) is 1.95. The van der Waals surface area contributed by atoms with E-state index < -0.39 is 0 Å². The van der Waals surface area contributed by atoms with E-state index in [0.29, 0.717) is 31.4 Å². The molecule has 0 bridgehead atoms. The van der Waals surface area contributed by atoms with Crippen LogP contribution in [0, 0.1) is 11.8 Å². The maximum atomic E-state index is 11.7. The Kier molecular flexibility index (Phi) is 10.0. The fourth-order valence-electron chi connectivity index (χ4n) is 1.95. The second kappa shape index (κ2) is 10.6. The van der Waals surface area contributed by atoms with Gasteiger partial charge < -0.3 is 14.5 Å². The number of likely N-dealkylation sites (N-methyl/N-ethyl adjacent to an activating group) is 1. The molecule has 0 aliphatic carbocycles. The van der Waals surface area contributed by atoms with E-state index in [0.717, 1.165) is 13.0 Å². The predicted molar refractivity (Wildman–Crippen MR) is 85.0 cm³/mol. The molecule has 0 heterocycles. The highest BCUT2D eigenvalue weighted by Gasteiger charge is 2.11. The van der Waals surface area contributed by atoms with Crippen LogP contribution in [0.25, 0.3) is 0 Å². The first-order valence-corrected chi connectivity index (χ1v) is 7.79. The van der Waals surface area contributed by atoms with Crippen molar-refractivity contribution in [3.8, 4) is 0 Å². The molecular formula is C16H32N2O3. The van der Waals surface area contributed by atoms with E-state index in [9.17, 15) is 9.59 Å². The van der Waals surface area contributed by atoms with Crippen LogP contribution in [0.5, 0.6) is 0 Å². The van der Waals surface area contributed by atoms with E-state index in [-0.39, 0.29) is 18.4 Å². The van der Waals surface area contributed by atoms with Crippen molar-refractivity contribution in [3.63, 3.8) is 0 Å². The average molecular weight is 300 g/mol. The summed E-state index contributed by atoms with van der Waals surface area (Å²) in [7, 11) is 3.61. The van der Waals surface area contributed by atoms with Crippen LogP contribution in [0.3, 0.4) is 0 Å². The van der Waals surface area contributed by atoms with Crippen molar-refractivity contribution in [2.45, 2.75) is 40.5 Å². The molecular weight excluding hydrogens is 268 g/mol. The van der Waals surface area contributed by atoms with Gasteiger partial charge in [0.25, 0.3) is 0 Å². The smallest absolute Gasteiger partial charge is 0.248 e. The van der Waals surface area contributed by atoms with Gasteiger partial charge in [0, 0.05) is 40.2 Å². The molecule has 0 radical (unpaired) electrons. The topological polar surface area (TPSA) is 49.9 Å². The highest BCUT2D eigenvalue weighted by molar-refractivity contribution is 5.77. The minimum atomic E-state index is 0.00735. The molecule has 0 aliphatic heterocycles. The zero-order chi connectivity index (χ0) is 16.4. The molecule has 21 heavy (non-hydrogen) atoms. The Morgan fingerprint density at radius 2 is 1.57 bits per heavy atom. The minimum absolute atomic E-state index is 0.00735. The third kappa shape index (κ3) is 10.3. The number of ether oxygens (including phenoxy) is 1. The molecule has 0 saturated carbocycles. The molecule has 5 nitrogen and oxygen atoms in total. The zero-order valence-electron chi connectivity index (χ0n) is 14.5. The Labute approximate surface area is 129 Å². The Hall–Kier alpha value is -1.10. The monoisotopic (exact) mass is 300 g/mol. The van der Waals surface area contributed by atoms with Crippen LogP contribution >= 0.6 is 0 Å². The van der Waals surface area contributed by atoms with E-state index in [1.54, 1.807) is 16.8 Å². The van der Waals surface area contributed by atoms with Gasteiger partial charge in [0.05, 0.1) is 0 Å². The maximum absolute atomic E-state index is 11.7. The Morgan fingerprint density at radius 1 is 0.952 bits per heavy atom. The van der Waals surface area contributed by atoms with Crippen molar-refractivity contribution in [1.29, 1.82) is 0 Å². The van der Waals surface area contributed by atoms with Crippen molar-refractivity contribution < 1.29 is 14.3 Å². The largest absolute Gasteiger partial charge is 0.372 e. The van der Waals surface area contributed by atoms with Gasteiger partial charge in [0.15, 0.2) is 0 Å². The van der Waals surface area contributed by atoms with E-state index in [4.69, 9.17) is 4.74 Å². The van der Waals surface area contributed by atoms with Crippen LogP contribution in [-0.4, -0.2) is 62.0 Å². The van der Waals surface area contributed by atoms with Gasteiger partial charge in [-0.25, -0.2) is 0 Å². The maximum Gasteiger partial charge on any atom is 0.248 e. The summed E-state index contributed by atoms with van der Waals surface area (Å²) in [6.45, 7) is 10.3. The van der Waals surface area contributed by atoms with Gasteiger partial charge >= 0.3 is 0 Å². The van der Waals surface area contributed by atoms with Crippen LogP contribution < -0.4 is 0 Å². The first kappa shape index (κ1) is 19.9. The van der Waals surface area contributed by atoms with Gasteiger partial charge in [-0.2, -0.15) is 0 Å². The van der Waals surface area contributed by atoms with E-state index in [2.05, 4.69) is 13.8 Å². The van der Waals surface area contributed by atoms with E-state index in [1.807, 2.05) is 20.9 Å². The third-order valence-corrected chi connectivity index (χ3v) is 3.08. The van der Waals surface area contributed by atoms with Crippen molar-refractivity contribution in [2.24, 2.45) is 11.8 Å². The first-order valence-electron chi connectivity index (χ1n) is 7.79. The number of hydrogen-bond acceptors (Lipinski definition) is 3. The third-order valence-electron chi connectivity index (χ3n) is 3.08. The summed E-state index contributed by atoms with van der Waals surface area (Å²) in [6.07, 6.45) is 1.33. The van der Waals surface area contributed by atoms with Crippen molar-refractivity contribution in [1.82, 2.24) is 9.80 Å². The average Bonchev–Trinajstić information content (AvgIpc) is 2.36. The van der Waals surface area contributed by atoms with Crippen molar-refractivity contribution in [2.75, 3.05) is 40.4 Å². The minimum Gasteiger partial charge on any atom is -0.372 e. The molecule has 124 valence electrons. The van der Waals surface area contributed by atoms with Gasteiger partial charge in [-0.15, -0.1) is 0 Å². The molecule has 0 aromatic rings. The Balaban J connectivity index is 3.72. The van der Waals surface area contributed by atoms with Crippen LogP contribution in [0.2, 0.25) is 0 Å². The predicted octanol–water partition coefficient (Wildman–Crippen LogP) is 2.01. The van der Waals surface area contributed by atoms with Crippen molar-refractivity contribution in [3.05, 3.63) is 0 Å². The number of nitrogens with zero attached hydrogens (tertiary/aromatic N) is 2. The number of amides is 2. The summed E-state index contributed by atoms with van der Waals surface area (Å²) in [5, 5.41) is 0. The molecule has 0 rings (SSSR count). The van der Waals surface area contributed by atoms with Gasteiger partial charge in [-0.05, 0) is 18.3 Å². The van der Waals surface area contributed by atoms with Gasteiger partial charge in [-0.1, -0.05) is 27.7 Å². The molecule has 2 amide bonds. The standard InChI is InChI=1S/C16H32N2O3/c1-13(2)10-15(19)17(5)8-7-9-21-12-16(20)18(6)11-14(3)4/h13-14H,7-12H2,1-6H3. The molecule has 0 N–H and O–H groups in total. The lowest BCUT2D eigenvalue weighted by molar-refractivity contribution is -0.136. The lowest BCUT2D eigenvalue weighted by Crippen LogP contribution is -2.33. The van der Waals surface area contributed by atoms with Gasteiger partial charge in [0.2, 0.25) is 11.8 Å². The first-order chi connectivity index (χ1) is 9.73. The zero-order valence-corrected chi connectivity index (χ0v) is 14.5. The summed E-state index contributed by atoms with van der Waals surface area (Å²) >= 11 is 0. The molecule has 0 fully saturated rings. The Bertz CT molecular complexity index is 317. The summed E-state index contributed by atoms with van der Waals surface area (Å²) in [4.78, 5) is 26.9. The molecule has 5 heteroatoms. The lowest BCUT2D eigenvalue weighted by atomic mass is 10.1. The molecule has 0 aromatic carbocycles. The molecule has 0 spiro atoms. The molecule has 0 saturated heterocycles.